The Labute approximate surface area is 185 Å². The molecule has 162 valence electrons. The molecule has 0 saturated heterocycles. The van der Waals surface area contributed by atoms with Crippen molar-refractivity contribution in [1.29, 1.82) is 0 Å². The summed E-state index contributed by atoms with van der Waals surface area (Å²) in [7, 11) is 0. The number of ether oxygens (including phenoxy) is 1. The fourth-order valence-corrected chi connectivity index (χ4v) is 3.04. The van der Waals surface area contributed by atoms with E-state index in [0.717, 1.165) is 18.8 Å². The molecule has 2 aromatic heterocycles. The molecule has 0 atom stereocenters. The van der Waals surface area contributed by atoms with Gasteiger partial charge < -0.3 is 15.0 Å². The van der Waals surface area contributed by atoms with E-state index in [4.69, 9.17) is 4.74 Å². The molecule has 0 aliphatic heterocycles. The highest BCUT2D eigenvalue weighted by Gasteiger charge is 2.14. The van der Waals surface area contributed by atoms with Gasteiger partial charge in [-0.1, -0.05) is 36.4 Å². The van der Waals surface area contributed by atoms with Crippen LogP contribution >= 0.6 is 0 Å². The van der Waals surface area contributed by atoms with E-state index in [1.807, 2.05) is 67.3 Å². The van der Waals surface area contributed by atoms with E-state index in [1.165, 1.54) is 16.8 Å². The lowest BCUT2D eigenvalue weighted by Crippen LogP contribution is -2.25. The monoisotopic (exact) mass is 429 g/mol. The lowest BCUT2D eigenvalue weighted by molar-refractivity contribution is 0.411. The Hall–Kier alpha value is -4.27. The summed E-state index contributed by atoms with van der Waals surface area (Å²) in [6, 6.07) is 21.7. The molecule has 0 unspecified atom stereocenters. The Morgan fingerprint density at radius 3 is 2.25 bits per heavy atom. The smallest absolute Gasteiger partial charge is 0.330 e. The predicted octanol–water partition coefficient (Wildman–Crippen LogP) is 3.80. The summed E-state index contributed by atoms with van der Waals surface area (Å²) in [6.07, 6.45) is 0. The maximum Gasteiger partial charge on any atom is 0.330 e. The number of para-hydroxylation sites is 2. The van der Waals surface area contributed by atoms with Crippen LogP contribution < -0.4 is 20.5 Å². The summed E-state index contributed by atoms with van der Waals surface area (Å²) in [5, 5.41) is 7.49. The Morgan fingerprint density at radius 1 is 0.875 bits per heavy atom. The number of rotatable bonds is 8. The fourth-order valence-electron chi connectivity index (χ4n) is 3.04. The average molecular weight is 429 g/mol. The Balaban J connectivity index is 1.69. The zero-order chi connectivity index (χ0) is 22.3. The van der Waals surface area contributed by atoms with E-state index >= 15 is 0 Å². The Morgan fingerprint density at radius 2 is 1.56 bits per heavy atom. The topological polar surface area (TPSA) is 98.1 Å². The number of benzene rings is 2. The molecule has 0 spiro atoms. The molecule has 0 fully saturated rings. The first-order valence-electron chi connectivity index (χ1n) is 10.3. The van der Waals surface area contributed by atoms with Gasteiger partial charge in [-0.2, -0.15) is 19.6 Å². The van der Waals surface area contributed by atoms with E-state index in [9.17, 15) is 4.79 Å². The van der Waals surface area contributed by atoms with Gasteiger partial charge in [-0.05, 0) is 38.1 Å². The summed E-state index contributed by atoms with van der Waals surface area (Å²) in [5.41, 5.74) is 1.20. The van der Waals surface area contributed by atoms with E-state index < -0.39 is 0 Å². The molecule has 0 amide bonds. The molecule has 9 nitrogen and oxygen atoms in total. The standard InChI is InChI=1S/C23H23N7O2/c1-3-29(4-2)22-25-21(24-17-11-7-5-8-12-17)26-23(27-22)32-19-15-16-20(31)30(28-19)18-13-9-6-10-14-18/h5-16H,3-4H2,1-2H3,(H,24,25,26,27). The van der Waals surface area contributed by atoms with Gasteiger partial charge in [0.1, 0.15) is 0 Å². The average Bonchev–Trinajstić information content (AvgIpc) is 2.82. The highest BCUT2D eigenvalue weighted by Crippen LogP contribution is 2.21. The third-order valence-corrected chi connectivity index (χ3v) is 4.65. The summed E-state index contributed by atoms with van der Waals surface area (Å²) in [4.78, 5) is 27.6. The molecular formula is C23H23N7O2. The highest BCUT2D eigenvalue weighted by atomic mass is 16.5. The van der Waals surface area contributed by atoms with E-state index in [2.05, 4.69) is 25.4 Å². The van der Waals surface area contributed by atoms with Crippen LogP contribution in [0.2, 0.25) is 0 Å². The molecule has 0 saturated carbocycles. The van der Waals surface area contributed by atoms with Crippen molar-refractivity contribution < 1.29 is 4.74 Å². The minimum absolute atomic E-state index is 0.0751. The maximum absolute atomic E-state index is 12.3. The molecule has 0 aliphatic carbocycles. The maximum atomic E-state index is 12.3. The normalized spacial score (nSPS) is 10.6. The van der Waals surface area contributed by atoms with Crippen LogP contribution in [0, 0.1) is 0 Å². The second-order valence-corrected chi connectivity index (χ2v) is 6.76. The molecule has 2 aromatic carbocycles. The van der Waals surface area contributed by atoms with E-state index in [-0.39, 0.29) is 17.4 Å². The molecule has 4 rings (SSSR count). The van der Waals surface area contributed by atoms with Crippen LogP contribution in [0.5, 0.6) is 11.9 Å². The number of hydrogen-bond donors (Lipinski definition) is 1. The molecule has 4 aromatic rings. The van der Waals surface area contributed by atoms with Crippen molar-refractivity contribution in [2.75, 3.05) is 23.3 Å². The minimum Gasteiger partial charge on any atom is -0.403 e. The zero-order valence-electron chi connectivity index (χ0n) is 17.8. The van der Waals surface area contributed by atoms with Gasteiger partial charge in [-0.3, -0.25) is 4.79 Å². The first-order valence-corrected chi connectivity index (χ1v) is 10.3. The Bertz CT molecular complexity index is 1230. The van der Waals surface area contributed by atoms with Crippen LogP contribution in [0.25, 0.3) is 5.69 Å². The molecule has 9 heteroatoms. The number of hydrogen-bond acceptors (Lipinski definition) is 8. The Kier molecular flexibility index (Phi) is 6.35. The SMILES string of the molecule is CCN(CC)c1nc(Nc2ccccc2)nc(Oc2ccc(=O)n(-c3ccccc3)n2)n1. The van der Waals surface area contributed by atoms with Crippen molar-refractivity contribution in [2.45, 2.75) is 13.8 Å². The van der Waals surface area contributed by atoms with Crippen LogP contribution in [-0.2, 0) is 0 Å². The molecule has 1 N–H and O–H groups in total. The van der Waals surface area contributed by atoms with Crippen LogP contribution in [0.3, 0.4) is 0 Å². The lowest BCUT2D eigenvalue weighted by atomic mass is 10.3. The predicted molar refractivity (Wildman–Crippen MR) is 123 cm³/mol. The van der Waals surface area contributed by atoms with Gasteiger partial charge in [0.25, 0.3) is 5.56 Å². The van der Waals surface area contributed by atoms with Gasteiger partial charge in [-0.15, -0.1) is 5.10 Å². The summed E-state index contributed by atoms with van der Waals surface area (Å²) >= 11 is 0. The van der Waals surface area contributed by atoms with Crippen molar-refractivity contribution in [3.8, 4) is 17.6 Å². The third kappa shape index (κ3) is 4.89. The van der Waals surface area contributed by atoms with Crippen molar-refractivity contribution >= 4 is 17.6 Å². The second kappa shape index (κ2) is 9.69. The van der Waals surface area contributed by atoms with Gasteiger partial charge >= 0.3 is 6.01 Å². The number of anilines is 3. The van der Waals surface area contributed by atoms with Crippen molar-refractivity contribution in [1.82, 2.24) is 24.7 Å². The first-order chi connectivity index (χ1) is 15.7. The van der Waals surface area contributed by atoms with E-state index in [0.29, 0.717) is 17.6 Å². The first kappa shape index (κ1) is 21.0. The van der Waals surface area contributed by atoms with Crippen molar-refractivity contribution in [2.24, 2.45) is 0 Å². The third-order valence-electron chi connectivity index (χ3n) is 4.65. The highest BCUT2D eigenvalue weighted by molar-refractivity contribution is 5.54. The fraction of sp³-hybridized carbons (Fsp3) is 0.174. The van der Waals surface area contributed by atoms with Crippen molar-refractivity contribution in [3.05, 3.63) is 83.2 Å². The summed E-state index contributed by atoms with van der Waals surface area (Å²) < 4.78 is 7.12. The summed E-state index contributed by atoms with van der Waals surface area (Å²) in [6.45, 7) is 5.49. The van der Waals surface area contributed by atoms with Gasteiger partial charge in [0.05, 0.1) is 5.69 Å². The zero-order valence-corrected chi connectivity index (χ0v) is 17.8. The lowest BCUT2D eigenvalue weighted by Gasteiger charge is -2.19. The van der Waals surface area contributed by atoms with Gasteiger partial charge in [0.15, 0.2) is 0 Å². The van der Waals surface area contributed by atoms with Crippen LogP contribution in [0.4, 0.5) is 17.6 Å². The molecule has 0 radical (unpaired) electrons. The van der Waals surface area contributed by atoms with E-state index in [1.54, 1.807) is 12.1 Å². The van der Waals surface area contributed by atoms with Gasteiger partial charge in [-0.25, -0.2) is 0 Å². The molecular weight excluding hydrogens is 406 g/mol. The van der Waals surface area contributed by atoms with Crippen LogP contribution in [0.1, 0.15) is 13.8 Å². The number of nitrogens with one attached hydrogen (secondary N) is 1. The number of nitrogens with zero attached hydrogens (tertiary/aromatic N) is 6. The van der Waals surface area contributed by atoms with Gasteiger partial charge in [0.2, 0.25) is 17.8 Å². The van der Waals surface area contributed by atoms with Crippen LogP contribution in [-0.4, -0.2) is 37.8 Å². The number of aromatic nitrogens is 5. The van der Waals surface area contributed by atoms with Gasteiger partial charge in [0, 0.05) is 30.9 Å². The molecule has 0 bridgehead atoms. The molecule has 32 heavy (non-hydrogen) atoms. The minimum atomic E-state index is -0.269. The van der Waals surface area contributed by atoms with Crippen molar-refractivity contribution in [3.63, 3.8) is 0 Å². The largest absolute Gasteiger partial charge is 0.403 e. The quantitative estimate of drug-likeness (QED) is 0.452. The second-order valence-electron chi connectivity index (χ2n) is 6.76. The molecule has 2 heterocycles. The molecule has 0 aliphatic rings. The van der Waals surface area contributed by atoms with Crippen LogP contribution in [0.15, 0.2) is 77.6 Å². The summed E-state index contributed by atoms with van der Waals surface area (Å²) in [5.74, 6) is 1.02.